The van der Waals surface area contributed by atoms with Gasteiger partial charge in [0.25, 0.3) is 0 Å². The highest BCUT2D eigenvalue weighted by Gasteiger charge is 2.28. The molecule has 0 radical (unpaired) electrons. The van der Waals surface area contributed by atoms with Gasteiger partial charge in [0.05, 0.1) is 12.9 Å². The van der Waals surface area contributed by atoms with Crippen molar-refractivity contribution >= 4 is 27.5 Å². The van der Waals surface area contributed by atoms with Crippen LogP contribution in [0.3, 0.4) is 0 Å². The van der Waals surface area contributed by atoms with Crippen molar-refractivity contribution < 1.29 is 17.9 Å². The van der Waals surface area contributed by atoms with E-state index < -0.39 is 10.0 Å². The Morgan fingerprint density at radius 1 is 0.941 bits per heavy atom. The maximum atomic E-state index is 12.8. The Balaban J connectivity index is 1.34. The first-order valence-electron chi connectivity index (χ1n) is 11.1. The Morgan fingerprint density at radius 2 is 1.65 bits per heavy atom. The van der Waals surface area contributed by atoms with Crippen LogP contribution in [0.2, 0.25) is 0 Å². The number of hydrogen-bond acceptors (Lipinski definition) is 8. The van der Waals surface area contributed by atoms with Crippen molar-refractivity contribution in [2.45, 2.75) is 6.92 Å². The highest BCUT2D eigenvalue weighted by atomic mass is 32.2. The molecular weight excluding hydrogens is 454 g/mol. The van der Waals surface area contributed by atoms with Gasteiger partial charge < -0.3 is 19.7 Å². The second kappa shape index (κ2) is 10.7. The molecule has 0 atom stereocenters. The lowest BCUT2D eigenvalue weighted by atomic mass is 10.3. The van der Waals surface area contributed by atoms with E-state index in [-0.39, 0.29) is 12.4 Å². The second-order valence-corrected chi connectivity index (χ2v) is 10.0. The van der Waals surface area contributed by atoms with Crippen LogP contribution in [0.25, 0.3) is 0 Å². The van der Waals surface area contributed by atoms with Crippen LogP contribution >= 0.6 is 0 Å². The summed E-state index contributed by atoms with van der Waals surface area (Å²) in [7, 11) is -1.77. The van der Waals surface area contributed by atoms with Gasteiger partial charge in [0.15, 0.2) is 0 Å². The van der Waals surface area contributed by atoms with Gasteiger partial charge in [-0.25, -0.2) is 13.4 Å². The number of hydrogen-bond donors (Lipinski definition) is 1. The van der Waals surface area contributed by atoms with E-state index in [2.05, 4.69) is 15.3 Å². The maximum absolute atomic E-state index is 12.8. The molecule has 0 saturated carbocycles. The van der Waals surface area contributed by atoms with E-state index >= 15 is 0 Å². The van der Waals surface area contributed by atoms with Gasteiger partial charge in [-0.15, -0.1) is 0 Å². The molecule has 2 heterocycles. The van der Waals surface area contributed by atoms with Crippen molar-refractivity contribution in [2.75, 3.05) is 55.9 Å². The van der Waals surface area contributed by atoms with Crippen molar-refractivity contribution in [3.63, 3.8) is 0 Å². The third-order valence-corrected chi connectivity index (χ3v) is 7.31. The first kappa shape index (κ1) is 23.8. The number of aryl methyl sites for hydroxylation is 1. The predicted octanol–water partition coefficient (Wildman–Crippen LogP) is 3.07. The molecule has 10 heteroatoms. The molecule has 4 rings (SSSR count). The predicted molar refractivity (Wildman–Crippen MR) is 133 cm³/mol. The summed E-state index contributed by atoms with van der Waals surface area (Å²) in [5.41, 5.74) is 1.72. The number of rotatable bonds is 9. The number of sulfonamides is 1. The van der Waals surface area contributed by atoms with Crippen LogP contribution in [-0.2, 0) is 10.0 Å². The lowest BCUT2D eigenvalue weighted by molar-refractivity contribution is 0.330. The molecule has 34 heavy (non-hydrogen) atoms. The van der Waals surface area contributed by atoms with Crippen LogP contribution < -0.4 is 19.7 Å². The monoisotopic (exact) mass is 483 g/mol. The molecule has 0 unspecified atom stereocenters. The van der Waals surface area contributed by atoms with Crippen molar-refractivity contribution in [3.05, 3.63) is 66.4 Å². The number of ether oxygens (including phenoxy) is 2. The van der Waals surface area contributed by atoms with Gasteiger partial charge in [0, 0.05) is 43.6 Å². The minimum absolute atomic E-state index is 0.0568. The van der Waals surface area contributed by atoms with Crippen LogP contribution in [0.5, 0.6) is 11.5 Å². The standard InChI is InChI=1S/C24H29N5O4S/c1-19-18-23(26-20-8-10-21(32-2)11-9-20)27-24(25-19)28-12-14-29(15-13-28)34(30,31)17-16-33-22-6-4-3-5-7-22/h3-11,18H,12-17H2,1-2H3,(H,25,26,27). The van der Waals surface area contributed by atoms with Gasteiger partial charge >= 0.3 is 0 Å². The van der Waals surface area contributed by atoms with Crippen molar-refractivity contribution in [1.29, 1.82) is 0 Å². The van der Waals surface area contributed by atoms with Gasteiger partial charge in [0.2, 0.25) is 16.0 Å². The largest absolute Gasteiger partial charge is 0.497 e. The van der Waals surface area contributed by atoms with Crippen LogP contribution in [0, 0.1) is 6.92 Å². The normalized spacial score (nSPS) is 14.6. The summed E-state index contributed by atoms with van der Waals surface area (Å²) < 4.78 is 37.8. The Bertz CT molecular complexity index is 1180. The van der Waals surface area contributed by atoms with E-state index in [0.29, 0.717) is 43.7 Å². The van der Waals surface area contributed by atoms with Crippen LogP contribution in [0.1, 0.15) is 5.69 Å². The molecule has 0 spiro atoms. The Hall–Kier alpha value is -3.37. The first-order chi connectivity index (χ1) is 16.4. The van der Waals surface area contributed by atoms with Gasteiger partial charge in [-0.3, -0.25) is 0 Å². The molecule has 1 saturated heterocycles. The van der Waals surface area contributed by atoms with Crippen LogP contribution in [0.15, 0.2) is 60.7 Å². The number of nitrogens with zero attached hydrogens (tertiary/aromatic N) is 4. The summed E-state index contributed by atoms with van der Waals surface area (Å²) in [5, 5.41) is 3.29. The third-order valence-electron chi connectivity index (χ3n) is 5.47. The molecule has 0 amide bonds. The molecule has 1 aromatic heterocycles. The maximum Gasteiger partial charge on any atom is 0.227 e. The zero-order valence-electron chi connectivity index (χ0n) is 19.3. The van der Waals surface area contributed by atoms with Crippen LogP contribution in [0.4, 0.5) is 17.5 Å². The molecule has 2 aromatic carbocycles. The van der Waals surface area contributed by atoms with E-state index in [0.717, 1.165) is 17.1 Å². The number of methoxy groups -OCH3 is 1. The summed E-state index contributed by atoms with van der Waals surface area (Å²) in [6, 6.07) is 18.7. The summed E-state index contributed by atoms with van der Waals surface area (Å²) >= 11 is 0. The van der Waals surface area contributed by atoms with Gasteiger partial charge in [-0.05, 0) is 43.3 Å². The minimum atomic E-state index is -3.40. The summed E-state index contributed by atoms with van der Waals surface area (Å²) in [6.45, 7) is 3.83. The van der Waals surface area contributed by atoms with E-state index in [1.54, 1.807) is 7.11 Å². The van der Waals surface area contributed by atoms with Crippen molar-refractivity contribution in [3.8, 4) is 11.5 Å². The number of piperazine rings is 1. The second-order valence-electron chi connectivity index (χ2n) is 7.91. The molecule has 180 valence electrons. The number of anilines is 3. The quantitative estimate of drug-likeness (QED) is 0.496. The Morgan fingerprint density at radius 3 is 2.32 bits per heavy atom. The molecular formula is C24H29N5O4S. The van der Waals surface area contributed by atoms with Gasteiger partial charge in [-0.2, -0.15) is 9.29 Å². The van der Waals surface area contributed by atoms with Gasteiger partial charge in [-0.1, -0.05) is 18.2 Å². The smallest absolute Gasteiger partial charge is 0.227 e. The van der Waals surface area contributed by atoms with Gasteiger partial charge in [0.1, 0.15) is 23.9 Å². The first-order valence-corrected chi connectivity index (χ1v) is 12.7. The molecule has 1 fully saturated rings. The van der Waals surface area contributed by atoms with E-state index in [4.69, 9.17) is 9.47 Å². The fourth-order valence-corrected chi connectivity index (χ4v) is 4.93. The highest BCUT2D eigenvalue weighted by Crippen LogP contribution is 2.22. The number of benzene rings is 2. The zero-order valence-corrected chi connectivity index (χ0v) is 20.2. The number of aromatic nitrogens is 2. The summed E-state index contributed by atoms with van der Waals surface area (Å²) in [4.78, 5) is 11.2. The number of para-hydroxylation sites is 1. The summed E-state index contributed by atoms with van der Waals surface area (Å²) in [5.74, 6) is 2.66. The molecule has 0 aliphatic carbocycles. The molecule has 0 bridgehead atoms. The lowest BCUT2D eigenvalue weighted by Crippen LogP contribution is -2.50. The SMILES string of the molecule is COc1ccc(Nc2cc(C)nc(N3CCN(S(=O)(=O)CCOc4ccccc4)CC3)n2)cc1. The van der Waals surface area contributed by atoms with Crippen molar-refractivity contribution in [1.82, 2.24) is 14.3 Å². The van der Waals surface area contributed by atoms with Crippen LogP contribution in [-0.4, -0.2) is 68.3 Å². The fraction of sp³-hybridized carbons (Fsp3) is 0.333. The molecule has 9 nitrogen and oxygen atoms in total. The molecule has 1 N–H and O–H groups in total. The van der Waals surface area contributed by atoms with E-state index in [1.165, 1.54) is 4.31 Å². The fourth-order valence-electron chi connectivity index (χ4n) is 3.66. The van der Waals surface area contributed by atoms with Crippen molar-refractivity contribution in [2.24, 2.45) is 0 Å². The molecule has 1 aliphatic heterocycles. The van der Waals surface area contributed by atoms with E-state index in [9.17, 15) is 8.42 Å². The average molecular weight is 484 g/mol. The third kappa shape index (κ3) is 6.15. The Labute approximate surface area is 200 Å². The summed E-state index contributed by atoms with van der Waals surface area (Å²) in [6.07, 6.45) is 0. The molecule has 3 aromatic rings. The Kier molecular flexibility index (Phi) is 7.49. The molecule has 1 aliphatic rings. The highest BCUT2D eigenvalue weighted by molar-refractivity contribution is 7.89. The topological polar surface area (TPSA) is 96.9 Å². The van der Waals surface area contributed by atoms with E-state index in [1.807, 2.05) is 72.5 Å². The zero-order chi connectivity index (χ0) is 24.0. The number of nitrogens with one attached hydrogen (secondary N) is 1. The average Bonchev–Trinajstić information content (AvgIpc) is 2.85. The minimum Gasteiger partial charge on any atom is -0.497 e. The lowest BCUT2D eigenvalue weighted by Gasteiger charge is -2.34.